The van der Waals surface area contributed by atoms with Crippen molar-refractivity contribution in [2.24, 2.45) is 5.92 Å². The van der Waals surface area contributed by atoms with E-state index in [1.807, 2.05) is 28.8 Å². The van der Waals surface area contributed by atoms with Crippen LogP contribution in [0.3, 0.4) is 0 Å². The molecule has 1 aliphatic heterocycles. The van der Waals surface area contributed by atoms with E-state index in [-0.39, 0.29) is 0 Å². The van der Waals surface area contributed by atoms with E-state index in [0.717, 1.165) is 35.2 Å². The van der Waals surface area contributed by atoms with Crippen LogP contribution >= 0.6 is 12.2 Å². The summed E-state index contributed by atoms with van der Waals surface area (Å²) in [6.07, 6.45) is 1.97. The molecule has 1 saturated heterocycles. The van der Waals surface area contributed by atoms with Gasteiger partial charge in [-0.1, -0.05) is 12.1 Å². The first-order valence-corrected chi connectivity index (χ1v) is 8.42. The highest BCUT2D eigenvalue weighted by atomic mass is 32.1. The molecule has 2 unspecified atom stereocenters. The van der Waals surface area contributed by atoms with Crippen molar-refractivity contribution in [2.45, 2.75) is 38.8 Å². The molecule has 6 nitrogen and oxygen atoms in total. The number of hydrazine groups is 1. The second-order valence-corrected chi connectivity index (χ2v) is 6.67. The van der Waals surface area contributed by atoms with Gasteiger partial charge >= 0.3 is 0 Å². The summed E-state index contributed by atoms with van der Waals surface area (Å²) in [6, 6.07) is 8.92. The fourth-order valence-electron chi connectivity index (χ4n) is 3.44. The molecule has 0 radical (unpaired) electrons. The number of aryl methyl sites for hydroxylation is 1. The van der Waals surface area contributed by atoms with Crippen molar-refractivity contribution >= 4 is 28.8 Å². The lowest BCUT2D eigenvalue weighted by Crippen LogP contribution is -2.30. The first-order valence-electron chi connectivity index (χ1n) is 8.01. The summed E-state index contributed by atoms with van der Waals surface area (Å²) in [5.41, 5.74) is 8.36. The molecule has 0 aliphatic carbocycles. The minimum atomic E-state index is 0.471. The first-order chi connectivity index (χ1) is 11.1. The molecule has 0 bridgehead atoms. The van der Waals surface area contributed by atoms with Crippen LogP contribution in [0.15, 0.2) is 24.3 Å². The molecular formula is C16H20N6S. The zero-order chi connectivity index (χ0) is 16.0. The standard InChI is InChI=1S/C16H20N6S/c1-9-11(10(2)20-19-9)7-8-14-18-15-12-5-3-4-6-13(12)17-16(23)22(15)21-14/h3-6,9-11,19-20H,7-8H2,1-2H3,(H,18,21). The van der Waals surface area contributed by atoms with Gasteiger partial charge in [0.1, 0.15) is 5.82 Å². The Kier molecular flexibility index (Phi) is 3.63. The van der Waals surface area contributed by atoms with Crippen molar-refractivity contribution in [1.29, 1.82) is 0 Å². The van der Waals surface area contributed by atoms with Gasteiger partial charge in [0.2, 0.25) is 4.77 Å². The van der Waals surface area contributed by atoms with Crippen molar-refractivity contribution in [2.75, 3.05) is 0 Å². The Labute approximate surface area is 139 Å². The summed E-state index contributed by atoms with van der Waals surface area (Å²) in [7, 11) is 0. The van der Waals surface area contributed by atoms with E-state index in [1.54, 1.807) is 0 Å². The molecule has 3 aromatic rings. The predicted molar refractivity (Wildman–Crippen MR) is 92.7 cm³/mol. The number of H-pyrrole nitrogens is 1. The van der Waals surface area contributed by atoms with Gasteiger partial charge in [0.25, 0.3) is 0 Å². The number of hydrogen-bond acceptors (Lipinski definition) is 5. The van der Waals surface area contributed by atoms with Gasteiger partial charge in [-0.2, -0.15) is 0 Å². The summed E-state index contributed by atoms with van der Waals surface area (Å²) in [6.45, 7) is 4.43. The third-order valence-corrected chi connectivity index (χ3v) is 5.06. The van der Waals surface area contributed by atoms with Crippen molar-refractivity contribution in [3.8, 4) is 0 Å². The van der Waals surface area contributed by atoms with Crippen LogP contribution in [-0.4, -0.2) is 31.7 Å². The Morgan fingerprint density at radius 1 is 1.13 bits per heavy atom. The summed E-state index contributed by atoms with van der Waals surface area (Å²) < 4.78 is 2.33. The molecule has 120 valence electrons. The number of para-hydroxylation sites is 1. The summed E-state index contributed by atoms with van der Waals surface area (Å²) in [5.74, 6) is 1.55. The number of aromatic nitrogens is 4. The van der Waals surface area contributed by atoms with Crippen LogP contribution in [0.5, 0.6) is 0 Å². The topological polar surface area (TPSA) is 70.0 Å². The SMILES string of the molecule is CC1NNC(C)C1CCc1nc2c3ccccc3nc(=S)n2[nH]1. The lowest BCUT2D eigenvalue weighted by molar-refractivity contribution is 0.410. The molecular weight excluding hydrogens is 308 g/mol. The van der Waals surface area contributed by atoms with E-state index in [1.165, 1.54) is 0 Å². The van der Waals surface area contributed by atoms with E-state index in [4.69, 9.17) is 17.2 Å². The van der Waals surface area contributed by atoms with Gasteiger partial charge in [-0.25, -0.2) is 14.5 Å². The van der Waals surface area contributed by atoms with Gasteiger partial charge in [-0.15, -0.1) is 0 Å². The summed E-state index contributed by atoms with van der Waals surface area (Å²) in [5, 5.41) is 4.33. The largest absolute Gasteiger partial charge is 0.277 e. The Bertz CT molecular complexity index is 904. The molecule has 1 fully saturated rings. The molecule has 0 amide bonds. The van der Waals surface area contributed by atoms with Gasteiger partial charge < -0.3 is 0 Å². The minimum absolute atomic E-state index is 0.471. The average Bonchev–Trinajstić information content (AvgIpc) is 3.10. The zero-order valence-corrected chi connectivity index (χ0v) is 14.0. The van der Waals surface area contributed by atoms with Crippen LogP contribution in [0.1, 0.15) is 26.1 Å². The second kappa shape index (κ2) is 5.67. The Morgan fingerprint density at radius 2 is 1.87 bits per heavy atom. The highest BCUT2D eigenvalue weighted by Crippen LogP contribution is 2.21. The maximum atomic E-state index is 5.38. The molecule has 0 spiro atoms. The quantitative estimate of drug-likeness (QED) is 0.644. The van der Waals surface area contributed by atoms with Crippen molar-refractivity contribution in [1.82, 2.24) is 30.4 Å². The molecule has 2 aromatic heterocycles. The van der Waals surface area contributed by atoms with E-state index >= 15 is 0 Å². The molecule has 1 aliphatic rings. The number of fused-ring (bicyclic) bond motifs is 3. The Hall–Kier alpha value is -1.83. The molecule has 4 rings (SSSR count). The van der Waals surface area contributed by atoms with Gasteiger partial charge in [0.05, 0.1) is 5.52 Å². The third kappa shape index (κ3) is 2.54. The maximum absolute atomic E-state index is 5.38. The van der Waals surface area contributed by atoms with Crippen LogP contribution in [0.2, 0.25) is 0 Å². The summed E-state index contributed by atoms with van der Waals surface area (Å²) >= 11 is 5.38. The average molecular weight is 328 g/mol. The number of rotatable bonds is 3. The minimum Gasteiger partial charge on any atom is -0.277 e. The first kappa shape index (κ1) is 14.7. The van der Waals surface area contributed by atoms with Crippen molar-refractivity contribution < 1.29 is 0 Å². The van der Waals surface area contributed by atoms with Crippen LogP contribution in [-0.2, 0) is 6.42 Å². The predicted octanol–water partition coefficient (Wildman–Crippen LogP) is 2.37. The molecule has 23 heavy (non-hydrogen) atoms. The monoisotopic (exact) mass is 328 g/mol. The molecule has 1 aromatic carbocycles. The molecule has 2 atom stereocenters. The highest BCUT2D eigenvalue weighted by Gasteiger charge is 2.29. The molecule has 3 N–H and O–H groups in total. The third-order valence-electron chi connectivity index (χ3n) is 4.78. The van der Waals surface area contributed by atoms with E-state index < -0.39 is 0 Å². The molecule has 3 heterocycles. The zero-order valence-electron chi connectivity index (χ0n) is 13.2. The van der Waals surface area contributed by atoms with Gasteiger partial charge in [-0.05, 0) is 50.5 Å². The van der Waals surface area contributed by atoms with Gasteiger partial charge in [-0.3, -0.25) is 16.0 Å². The lowest BCUT2D eigenvalue weighted by Gasteiger charge is -2.16. The Morgan fingerprint density at radius 3 is 2.65 bits per heavy atom. The van der Waals surface area contributed by atoms with Crippen molar-refractivity contribution in [3.63, 3.8) is 0 Å². The molecule has 0 saturated carbocycles. The van der Waals surface area contributed by atoms with Crippen molar-refractivity contribution in [3.05, 3.63) is 34.9 Å². The number of hydrogen-bond donors (Lipinski definition) is 3. The number of aromatic amines is 1. The van der Waals surface area contributed by atoms with Gasteiger partial charge in [0, 0.05) is 23.9 Å². The van der Waals surface area contributed by atoms with Gasteiger partial charge in [0.15, 0.2) is 5.65 Å². The van der Waals surface area contributed by atoms with Crippen LogP contribution < -0.4 is 10.9 Å². The number of benzene rings is 1. The summed E-state index contributed by atoms with van der Waals surface area (Å²) in [4.78, 5) is 9.24. The van der Waals surface area contributed by atoms with E-state index in [0.29, 0.717) is 22.8 Å². The van der Waals surface area contributed by atoms with Crippen LogP contribution in [0.25, 0.3) is 16.6 Å². The lowest BCUT2D eigenvalue weighted by atomic mass is 9.91. The number of nitrogens with one attached hydrogen (secondary N) is 3. The fourth-order valence-corrected chi connectivity index (χ4v) is 3.67. The highest BCUT2D eigenvalue weighted by molar-refractivity contribution is 7.71. The van der Waals surface area contributed by atoms with Crippen LogP contribution in [0, 0.1) is 10.7 Å². The van der Waals surface area contributed by atoms with E-state index in [2.05, 4.69) is 34.8 Å². The molecule has 7 heteroatoms. The smallest absolute Gasteiger partial charge is 0.221 e. The Balaban J connectivity index is 1.68. The van der Waals surface area contributed by atoms with Crippen LogP contribution in [0.4, 0.5) is 0 Å². The maximum Gasteiger partial charge on any atom is 0.221 e. The number of nitrogens with zero attached hydrogens (tertiary/aromatic N) is 3. The fraction of sp³-hybridized carbons (Fsp3) is 0.438. The second-order valence-electron chi connectivity index (χ2n) is 6.31. The normalized spacial score (nSPS) is 24.7. The van der Waals surface area contributed by atoms with E-state index in [9.17, 15) is 0 Å².